The number of rotatable bonds is 13. The second-order valence-electron chi connectivity index (χ2n) is 6.09. The summed E-state index contributed by atoms with van der Waals surface area (Å²) in [7, 11) is 5.15. The first-order valence-electron chi connectivity index (χ1n) is 8.48. The number of carbonyl (C=O) groups is 3. The van der Waals surface area contributed by atoms with Crippen molar-refractivity contribution in [3.8, 4) is 0 Å². The average molecular weight is 360 g/mol. The van der Waals surface area contributed by atoms with E-state index in [1.807, 2.05) is 7.05 Å². The summed E-state index contributed by atoms with van der Waals surface area (Å²) in [5.41, 5.74) is 0. The first-order valence-corrected chi connectivity index (χ1v) is 9.88. The van der Waals surface area contributed by atoms with E-state index in [2.05, 4.69) is 11.6 Å². The molecule has 0 saturated heterocycles. The highest BCUT2D eigenvalue weighted by Gasteiger charge is 2.29. The van der Waals surface area contributed by atoms with Crippen molar-refractivity contribution in [2.24, 2.45) is 0 Å². The molecule has 0 aromatic heterocycles. The van der Waals surface area contributed by atoms with Crippen LogP contribution in [-0.4, -0.2) is 79.7 Å². The van der Waals surface area contributed by atoms with Crippen molar-refractivity contribution in [3.05, 3.63) is 0 Å². The van der Waals surface area contributed by atoms with Gasteiger partial charge in [0.05, 0.1) is 0 Å². The Kier molecular flexibility index (Phi) is 12.6. The van der Waals surface area contributed by atoms with E-state index in [1.54, 1.807) is 30.8 Å². The average Bonchev–Trinajstić information content (AvgIpc) is 2.55. The summed E-state index contributed by atoms with van der Waals surface area (Å²) in [4.78, 5) is 39.5. The van der Waals surface area contributed by atoms with Gasteiger partial charge >= 0.3 is 0 Å². The number of amides is 2. The normalized spacial score (nSPS) is 11.9. The van der Waals surface area contributed by atoms with E-state index in [-0.39, 0.29) is 24.0 Å². The van der Waals surface area contributed by atoms with Crippen LogP contribution in [0.5, 0.6) is 0 Å². The van der Waals surface area contributed by atoms with Crippen LogP contribution >= 0.6 is 11.8 Å². The molecule has 1 atom stereocenters. The standard InChI is InChI=1S/C17H33N3O3S/c1-14(21)13-15(17(23)19(3)11-10-18-2)20(4)16(22)9-7-6-8-12-24-5/h15,18H,6-13H2,1-5H3. The molecule has 0 radical (unpaired) electrons. The van der Waals surface area contributed by atoms with Crippen molar-refractivity contribution in [2.45, 2.75) is 45.1 Å². The highest BCUT2D eigenvalue weighted by Crippen LogP contribution is 2.12. The number of hydrogen-bond acceptors (Lipinski definition) is 5. The number of carbonyl (C=O) groups excluding carboxylic acids is 3. The number of ketones is 1. The van der Waals surface area contributed by atoms with Gasteiger partial charge in [0.15, 0.2) is 0 Å². The third kappa shape index (κ3) is 9.27. The Bertz CT molecular complexity index is 405. The van der Waals surface area contributed by atoms with E-state index < -0.39 is 6.04 Å². The number of nitrogens with one attached hydrogen (secondary N) is 1. The summed E-state index contributed by atoms with van der Waals surface area (Å²) in [6.07, 6.45) is 5.49. The molecule has 0 aliphatic rings. The predicted molar refractivity (Wildman–Crippen MR) is 100 cm³/mol. The molecular formula is C17H33N3O3S. The van der Waals surface area contributed by atoms with Crippen LogP contribution in [0.3, 0.4) is 0 Å². The minimum Gasteiger partial charge on any atom is -0.343 e. The van der Waals surface area contributed by atoms with E-state index in [0.29, 0.717) is 19.5 Å². The van der Waals surface area contributed by atoms with Gasteiger partial charge in [0.25, 0.3) is 0 Å². The zero-order valence-corrected chi connectivity index (χ0v) is 16.6. The smallest absolute Gasteiger partial charge is 0.245 e. The van der Waals surface area contributed by atoms with Crippen LogP contribution in [0.15, 0.2) is 0 Å². The second-order valence-corrected chi connectivity index (χ2v) is 7.08. The van der Waals surface area contributed by atoms with Crippen molar-refractivity contribution < 1.29 is 14.4 Å². The molecule has 0 bridgehead atoms. The Hall–Kier alpha value is -1.08. The molecule has 0 fully saturated rings. The monoisotopic (exact) mass is 359 g/mol. The summed E-state index contributed by atoms with van der Waals surface area (Å²) >= 11 is 1.80. The number of thioether (sulfide) groups is 1. The van der Waals surface area contributed by atoms with Gasteiger partial charge in [0, 0.05) is 40.0 Å². The van der Waals surface area contributed by atoms with Crippen LogP contribution < -0.4 is 5.32 Å². The lowest BCUT2D eigenvalue weighted by molar-refractivity contribution is -0.145. The Labute approximate surface area is 150 Å². The maximum atomic E-state index is 12.6. The number of nitrogens with zero attached hydrogens (tertiary/aromatic N) is 2. The van der Waals surface area contributed by atoms with Crippen LogP contribution in [0, 0.1) is 0 Å². The summed E-state index contributed by atoms with van der Waals surface area (Å²) < 4.78 is 0. The van der Waals surface area contributed by atoms with Crippen molar-refractivity contribution in [1.29, 1.82) is 0 Å². The summed E-state index contributed by atoms with van der Waals surface area (Å²) in [6, 6.07) is -0.706. The molecule has 24 heavy (non-hydrogen) atoms. The number of Topliss-reactive ketones (excluding diaryl/α,β-unsaturated/α-hetero) is 1. The van der Waals surface area contributed by atoms with E-state index in [1.165, 1.54) is 11.8 Å². The van der Waals surface area contributed by atoms with E-state index in [4.69, 9.17) is 0 Å². The molecule has 0 spiro atoms. The molecular weight excluding hydrogens is 326 g/mol. The van der Waals surface area contributed by atoms with Crippen LogP contribution in [0.4, 0.5) is 0 Å². The quantitative estimate of drug-likeness (QED) is 0.503. The van der Waals surface area contributed by atoms with Gasteiger partial charge in [0.2, 0.25) is 11.8 Å². The highest BCUT2D eigenvalue weighted by atomic mass is 32.2. The zero-order valence-electron chi connectivity index (χ0n) is 15.8. The maximum absolute atomic E-state index is 12.6. The number of likely N-dealkylation sites (N-methyl/N-ethyl adjacent to an activating group) is 3. The molecule has 0 aliphatic heterocycles. The van der Waals surface area contributed by atoms with Crippen molar-refractivity contribution in [3.63, 3.8) is 0 Å². The zero-order chi connectivity index (χ0) is 18.5. The number of unbranched alkanes of at least 4 members (excludes halogenated alkanes) is 2. The molecule has 0 aromatic carbocycles. The molecule has 140 valence electrons. The van der Waals surface area contributed by atoms with Gasteiger partial charge in [-0.25, -0.2) is 0 Å². The molecule has 0 saturated carbocycles. The lowest BCUT2D eigenvalue weighted by atomic mass is 10.1. The summed E-state index contributed by atoms with van der Waals surface area (Å²) in [6.45, 7) is 2.66. The van der Waals surface area contributed by atoms with Gasteiger partial charge in [-0.2, -0.15) is 11.8 Å². The van der Waals surface area contributed by atoms with Crippen molar-refractivity contribution >= 4 is 29.4 Å². The van der Waals surface area contributed by atoms with E-state index in [0.717, 1.165) is 25.0 Å². The molecule has 0 aliphatic carbocycles. The largest absolute Gasteiger partial charge is 0.343 e. The molecule has 0 rings (SSSR count). The van der Waals surface area contributed by atoms with Crippen LogP contribution in [0.1, 0.15) is 39.0 Å². The Morgan fingerprint density at radius 1 is 1.12 bits per heavy atom. The van der Waals surface area contributed by atoms with Gasteiger partial charge in [-0.15, -0.1) is 0 Å². The molecule has 2 amide bonds. The van der Waals surface area contributed by atoms with Crippen LogP contribution in [0.2, 0.25) is 0 Å². The molecule has 1 N–H and O–H groups in total. The molecule has 0 aromatic rings. The predicted octanol–water partition coefficient (Wildman–Crippen LogP) is 1.39. The maximum Gasteiger partial charge on any atom is 0.245 e. The minimum atomic E-state index is -0.706. The fraction of sp³-hybridized carbons (Fsp3) is 0.824. The van der Waals surface area contributed by atoms with Gasteiger partial charge < -0.3 is 15.1 Å². The van der Waals surface area contributed by atoms with E-state index in [9.17, 15) is 14.4 Å². The minimum absolute atomic E-state index is 0.0669. The SMILES string of the molecule is CNCCN(C)C(=O)C(CC(C)=O)N(C)C(=O)CCCCCSC. The second kappa shape index (κ2) is 13.2. The third-order valence-corrected chi connectivity index (χ3v) is 4.64. The van der Waals surface area contributed by atoms with Gasteiger partial charge in [0.1, 0.15) is 11.8 Å². The van der Waals surface area contributed by atoms with Crippen molar-refractivity contribution in [2.75, 3.05) is 46.2 Å². The summed E-state index contributed by atoms with van der Waals surface area (Å²) in [5, 5.41) is 2.99. The number of hydrogen-bond donors (Lipinski definition) is 1. The topological polar surface area (TPSA) is 69.7 Å². The fourth-order valence-electron chi connectivity index (χ4n) is 2.36. The Morgan fingerprint density at radius 3 is 2.33 bits per heavy atom. The molecule has 1 unspecified atom stereocenters. The lowest BCUT2D eigenvalue weighted by Crippen LogP contribution is -2.50. The summed E-state index contributed by atoms with van der Waals surface area (Å²) in [5.74, 6) is 0.764. The Morgan fingerprint density at radius 2 is 1.79 bits per heavy atom. The molecule has 6 nitrogen and oxygen atoms in total. The Balaban J connectivity index is 4.68. The van der Waals surface area contributed by atoms with Gasteiger partial charge in [-0.05, 0) is 38.8 Å². The third-order valence-electron chi connectivity index (χ3n) is 3.94. The molecule has 7 heteroatoms. The first-order chi connectivity index (χ1) is 11.3. The fourth-order valence-corrected chi connectivity index (χ4v) is 2.85. The van der Waals surface area contributed by atoms with E-state index >= 15 is 0 Å². The van der Waals surface area contributed by atoms with Crippen molar-refractivity contribution in [1.82, 2.24) is 15.1 Å². The highest BCUT2D eigenvalue weighted by molar-refractivity contribution is 7.98. The van der Waals surface area contributed by atoms with Crippen LogP contribution in [0.25, 0.3) is 0 Å². The molecule has 0 heterocycles. The lowest BCUT2D eigenvalue weighted by Gasteiger charge is -2.30. The first kappa shape index (κ1) is 22.9. The van der Waals surface area contributed by atoms with Crippen LogP contribution in [-0.2, 0) is 14.4 Å². The van der Waals surface area contributed by atoms with Gasteiger partial charge in [-0.1, -0.05) is 6.42 Å². The van der Waals surface area contributed by atoms with Gasteiger partial charge in [-0.3, -0.25) is 14.4 Å².